The van der Waals surface area contributed by atoms with Gasteiger partial charge in [0.2, 0.25) is 5.91 Å². The third-order valence-corrected chi connectivity index (χ3v) is 1.75. The van der Waals surface area contributed by atoms with Gasteiger partial charge in [0.05, 0.1) is 0 Å². The number of allylic oxidation sites excluding steroid dienone is 4. The van der Waals surface area contributed by atoms with Gasteiger partial charge in [-0.15, -0.1) is 0 Å². The molecular formula is C8H10ClNO. The first-order valence-corrected chi connectivity index (χ1v) is 3.89. The van der Waals surface area contributed by atoms with Crippen LogP contribution in [-0.4, -0.2) is 5.91 Å². The van der Waals surface area contributed by atoms with Gasteiger partial charge in [0, 0.05) is 17.7 Å². The summed E-state index contributed by atoms with van der Waals surface area (Å²) >= 11 is 5.72. The van der Waals surface area contributed by atoms with Crippen LogP contribution in [0.5, 0.6) is 0 Å². The van der Waals surface area contributed by atoms with Crippen molar-refractivity contribution in [2.24, 2.45) is 0 Å². The molecule has 0 unspecified atom stereocenters. The Morgan fingerprint density at radius 2 is 2.27 bits per heavy atom. The van der Waals surface area contributed by atoms with Crippen LogP contribution in [0.4, 0.5) is 0 Å². The molecule has 0 aromatic heterocycles. The Morgan fingerprint density at radius 3 is 2.73 bits per heavy atom. The second kappa shape index (κ2) is 3.58. The zero-order chi connectivity index (χ0) is 8.27. The Kier molecular flexibility index (Phi) is 2.71. The number of hydrogen-bond donors (Lipinski definition) is 1. The molecule has 0 atom stereocenters. The molecule has 0 aromatic rings. The van der Waals surface area contributed by atoms with E-state index in [0.29, 0.717) is 0 Å². The van der Waals surface area contributed by atoms with Gasteiger partial charge < -0.3 is 5.32 Å². The summed E-state index contributed by atoms with van der Waals surface area (Å²) in [5.41, 5.74) is 0.946. The molecule has 0 radical (unpaired) electrons. The SMILES string of the molecule is CC(=O)NC1=CC=C(Cl)CC1. The van der Waals surface area contributed by atoms with Crippen LogP contribution in [-0.2, 0) is 4.79 Å². The largest absolute Gasteiger partial charge is 0.330 e. The molecule has 0 fully saturated rings. The summed E-state index contributed by atoms with van der Waals surface area (Å²) in [6.45, 7) is 1.50. The first-order valence-electron chi connectivity index (χ1n) is 3.51. The molecule has 0 aliphatic heterocycles. The monoisotopic (exact) mass is 171 g/mol. The molecule has 0 aromatic carbocycles. The van der Waals surface area contributed by atoms with E-state index in [1.165, 1.54) is 6.92 Å². The molecule has 0 bridgehead atoms. The second-order valence-electron chi connectivity index (χ2n) is 2.49. The van der Waals surface area contributed by atoms with Crippen LogP contribution in [0.25, 0.3) is 0 Å². The maximum absolute atomic E-state index is 10.6. The molecule has 1 aliphatic rings. The number of halogens is 1. The van der Waals surface area contributed by atoms with Crippen molar-refractivity contribution in [2.75, 3.05) is 0 Å². The first kappa shape index (κ1) is 8.34. The molecule has 0 heterocycles. The minimum absolute atomic E-state index is 0.0253. The molecule has 11 heavy (non-hydrogen) atoms. The van der Waals surface area contributed by atoms with E-state index in [2.05, 4.69) is 5.32 Å². The summed E-state index contributed by atoms with van der Waals surface area (Å²) in [7, 11) is 0. The van der Waals surface area contributed by atoms with E-state index in [0.717, 1.165) is 23.6 Å². The Bertz CT molecular complexity index is 230. The first-order chi connectivity index (χ1) is 5.18. The van der Waals surface area contributed by atoms with Crippen molar-refractivity contribution in [3.8, 4) is 0 Å². The number of amides is 1. The molecule has 1 amide bonds. The topological polar surface area (TPSA) is 29.1 Å². The predicted molar refractivity (Wildman–Crippen MR) is 45.1 cm³/mol. The summed E-state index contributed by atoms with van der Waals surface area (Å²) in [5.74, 6) is -0.0253. The number of carbonyl (C=O) groups is 1. The van der Waals surface area contributed by atoms with E-state index in [-0.39, 0.29) is 5.91 Å². The van der Waals surface area contributed by atoms with Gasteiger partial charge in [-0.05, 0) is 25.0 Å². The van der Waals surface area contributed by atoms with E-state index in [1.807, 2.05) is 12.2 Å². The standard InChI is InChI=1S/C8H10ClNO/c1-6(11)10-8-4-2-7(9)3-5-8/h2,4H,3,5H2,1H3,(H,10,11). The lowest BCUT2D eigenvalue weighted by Crippen LogP contribution is -2.19. The van der Waals surface area contributed by atoms with Crippen LogP contribution in [0.3, 0.4) is 0 Å². The van der Waals surface area contributed by atoms with E-state index in [1.54, 1.807) is 0 Å². The molecular weight excluding hydrogens is 162 g/mol. The van der Waals surface area contributed by atoms with Crippen LogP contribution in [0.2, 0.25) is 0 Å². The molecule has 1 N–H and O–H groups in total. The lowest BCUT2D eigenvalue weighted by Gasteiger charge is -2.10. The van der Waals surface area contributed by atoms with Crippen molar-refractivity contribution in [2.45, 2.75) is 19.8 Å². The summed E-state index contributed by atoms with van der Waals surface area (Å²) in [6, 6.07) is 0. The fourth-order valence-electron chi connectivity index (χ4n) is 0.942. The Balaban J connectivity index is 2.54. The molecule has 2 nitrogen and oxygen atoms in total. The van der Waals surface area contributed by atoms with Gasteiger partial charge in [0.15, 0.2) is 0 Å². The number of hydrogen-bond acceptors (Lipinski definition) is 1. The normalized spacial score (nSPS) is 16.9. The quantitative estimate of drug-likeness (QED) is 0.642. The van der Waals surface area contributed by atoms with Crippen LogP contribution >= 0.6 is 11.6 Å². The molecule has 0 saturated carbocycles. The Morgan fingerprint density at radius 1 is 1.55 bits per heavy atom. The highest BCUT2D eigenvalue weighted by atomic mass is 35.5. The highest BCUT2D eigenvalue weighted by molar-refractivity contribution is 6.29. The van der Waals surface area contributed by atoms with Gasteiger partial charge in [-0.2, -0.15) is 0 Å². The summed E-state index contributed by atoms with van der Waals surface area (Å²) in [5, 5.41) is 3.57. The van der Waals surface area contributed by atoms with Crippen LogP contribution in [0.1, 0.15) is 19.8 Å². The minimum atomic E-state index is -0.0253. The number of carbonyl (C=O) groups excluding carboxylic acids is 1. The molecule has 1 rings (SSSR count). The van der Waals surface area contributed by atoms with Gasteiger partial charge in [-0.25, -0.2) is 0 Å². The van der Waals surface area contributed by atoms with E-state index >= 15 is 0 Å². The van der Waals surface area contributed by atoms with E-state index in [4.69, 9.17) is 11.6 Å². The number of rotatable bonds is 1. The molecule has 0 spiro atoms. The maximum atomic E-state index is 10.6. The average molecular weight is 172 g/mol. The third-order valence-electron chi connectivity index (χ3n) is 1.44. The Hall–Kier alpha value is -0.760. The van der Waals surface area contributed by atoms with Gasteiger partial charge in [-0.1, -0.05) is 11.6 Å². The highest BCUT2D eigenvalue weighted by Crippen LogP contribution is 2.18. The highest BCUT2D eigenvalue weighted by Gasteiger charge is 2.04. The Labute approximate surface area is 70.9 Å². The molecule has 3 heteroatoms. The van der Waals surface area contributed by atoms with Gasteiger partial charge in [0.25, 0.3) is 0 Å². The maximum Gasteiger partial charge on any atom is 0.220 e. The van der Waals surface area contributed by atoms with Crippen molar-refractivity contribution in [3.05, 3.63) is 22.9 Å². The fourth-order valence-corrected chi connectivity index (χ4v) is 1.10. The molecule has 0 saturated heterocycles. The van der Waals surface area contributed by atoms with Crippen LogP contribution in [0.15, 0.2) is 22.9 Å². The lowest BCUT2D eigenvalue weighted by atomic mass is 10.1. The van der Waals surface area contributed by atoms with Gasteiger partial charge >= 0.3 is 0 Å². The van der Waals surface area contributed by atoms with Crippen LogP contribution in [0, 0.1) is 0 Å². The second-order valence-corrected chi connectivity index (χ2v) is 2.97. The zero-order valence-electron chi connectivity index (χ0n) is 6.36. The average Bonchev–Trinajstić information content (AvgIpc) is 1.93. The van der Waals surface area contributed by atoms with Gasteiger partial charge in [-0.3, -0.25) is 4.79 Å². The molecule has 60 valence electrons. The third kappa shape index (κ3) is 2.76. The van der Waals surface area contributed by atoms with E-state index in [9.17, 15) is 4.79 Å². The van der Waals surface area contributed by atoms with Crippen molar-refractivity contribution in [3.63, 3.8) is 0 Å². The van der Waals surface area contributed by atoms with E-state index < -0.39 is 0 Å². The van der Waals surface area contributed by atoms with Crippen molar-refractivity contribution < 1.29 is 4.79 Å². The summed E-state index contributed by atoms with van der Waals surface area (Å²) in [4.78, 5) is 10.6. The number of nitrogens with one attached hydrogen (secondary N) is 1. The van der Waals surface area contributed by atoms with Crippen molar-refractivity contribution >= 4 is 17.5 Å². The fraction of sp³-hybridized carbons (Fsp3) is 0.375. The minimum Gasteiger partial charge on any atom is -0.330 e. The zero-order valence-corrected chi connectivity index (χ0v) is 7.11. The lowest BCUT2D eigenvalue weighted by molar-refractivity contribution is -0.118. The summed E-state index contributed by atoms with van der Waals surface area (Å²) in [6.07, 6.45) is 5.31. The van der Waals surface area contributed by atoms with Crippen LogP contribution < -0.4 is 5.32 Å². The smallest absolute Gasteiger partial charge is 0.220 e. The van der Waals surface area contributed by atoms with Crippen molar-refractivity contribution in [1.29, 1.82) is 0 Å². The molecule has 1 aliphatic carbocycles. The van der Waals surface area contributed by atoms with Gasteiger partial charge in [0.1, 0.15) is 0 Å². The predicted octanol–water partition coefficient (Wildman–Crippen LogP) is 1.92. The summed E-state index contributed by atoms with van der Waals surface area (Å²) < 4.78 is 0. The van der Waals surface area contributed by atoms with Crippen molar-refractivity contribution in [1.82, 2.24) is 5.32 Å².